The van der Waals surface area contributed by atoms with Gasteiger partial charge in [-0.3, -0.25) is 0 Å². The molecule has 0 unspecified atom stereocenters. The van der Waals surface area contributed by atoms with Gasteiger partial charge in [0.25, 0.3) is 0 Å². The van der Waals surface area contributed by atoms with Gasteiger partial charge >= 0.3 is 5.97 Å². The number of carbonyl (C=O) groups excluding carboxylic acids is 1. The maximum Gasteiger partial charge on any atom is 0.367 e. The maximum atomic E-state index is 12.9. The number of ether oxygens (including phenoxy) is 1. The quantitative estimate of drug-likeness (QED) is 0.566. The van der Waals surface area contributed by atoms with E-state index in [1.165, 1.54) is 6.42 Å². The lowest BCUT2D eigenvalue weighted by Gasteiger charge is -2.60. The van der Waals surface area contributed by atoms with Crippen LogP contribution in [0.3, 0.4) is 0 Å². The number of hydrogen-bond acceptors (Lipinski definition) is 2. The van der Waals surface area contributed by atoms with Crippen LogP contribution in [0.2, 0.25) is 0 Å². The maximum absolute atomic E-state index is 12.9. The van der Waals surface area contributed by atoms with Gasteiger partial charge in [-0.25, -0.2) is 4.79 Å². The fourth-order valence-electron chi connectivity index (χ4n) is 5.03. The molecule has 100 valence electrons. The summed E-state index contributed by atoms with van der Waals surface area (Å²) in [7, 11) is 0. The molecule has 0 aromatic carbocycles. The highest BCUT2D eigenvalue weighted by molar-refractivity contribution is 5.85. The van der Waals surface area contributed by atoms with Gasteiger partial charge in [0.15, 0.2) is 0 Å². The summed E-state index contributed by atoms with van der Waals surface area (Å²) in [5.74, 6) is 0.726. The first kappa shape index (κ1) is 12.2. The third-order valence-corrected chi connectivity index (χ3v) is 5.58. The van der Waals surface area contributed by atoms with Crippen molar-refractivity contribution in [3.63, 3.8) is 0 Å². The van der Waals surface area contributed by atoms with Crippen molar-refractivity contribution in [1.29, 1.82) is 0 Å². The predicted octanol–water partition coefficient (Wildman–Crippen LogP) is 3.62. The Kier molecular flexibility index (Phi) is 2.76. The van der Waals surface area contributed by atoms with Gasteiger partial charge in [0.1, 0.15) is 5.60 Å². The van der Waals surface area contributed by atoms with Crippen LogP contribution < -0.4 is 0 Å². The van der Waals surface area contributed by atoms with E-state index in [-0.39, 0.29) is 0 Å². The second-order valence-corrected chi connectivity index (χ2v) is 6.41. The predicted molar refractivity (Wildman–Crippen MR) is 66.4 cm³/mol. The molecule has 4 fully saturated rings. The van der Waals surface area contributed by atoms with Gasteiger partial charge in [-0.1, -0.05) is 13.5 Å². The fraction of sp³-hybridized carbons (Fsp3) is 0.800. The van der Waals surface area contributed by atoms with Crippen molar-refractivity contribution >= 4 is 5.97 Å². The second kappa shape index (κ2) is 4.07. The van der Waals surface area contributed by atoms with Gasteiger partial charge in [-0.05, 0) is 62.2 Å². The molecular formula is C15H21FO2. The van der Waals surface area contributed by atoms with Crippen molar-refractivity contribution in [2.45, 2.75) is 51.0 Å². The van der Waals surface area contributed by atoms with E-state index in [4.69, 9.17) is 4.74 Å². The fourth-order valence-corrected chi connectivity index (χ4v) is 5.03. The summed E-state index contributed by atoms with van der Waals surface area (Å²) in [6.45, 7) is 5.13. The normalized spacial score (nSPS) is 45.0. The molecule has 0 saturated heterocycles. The topological polar surface area (TPSA) is 26.3 Å². The molecule has 0 spiro atoms. The largest absolute Gasteiger partial charge is 0.453 e. The van der Waals surface area contributed by atoms with E-state index >= 15 is 0 Å². The molecule has 0 heterocycles. The summed E-state index contributed by atoms with van der Waals surface area (Å²) >= 11 is 0. The molecule has 0 amide bonds. The smallest absolute Gasteiger partial charge is 0.367 e. The molecule has 0 aromatic heterocycles. The Morgan fingerprint density at radius 2 is 1.72 bits per heavy atom. The van der Waals surface area contributed by atoms with Gasteiger partial charge in [-0.15, -0.1) is 0 Å². The van der Waals surface area contributed by atoms with Gasteiger partial charge in [-0.2, -0.15) is 4.39 Å². The highest BCUT2D eigenvalue weighted by Crippen LogP contribution is 2.60. The Morgan fingerprint density at radius 1 is 1.22 bits per heavy atom. The number of rotatable bonds is 3. The molecule has 18 heavy (non-hydrogen) atoms. The lowest BCUT2D eigenvalue weighted by atomic mass is 9.49. The molecule has 4 rings (SSSR count). The molecule has 0 aliphatic heterocycles. The SMILES string of the molecule is C=C(F)C(=O)OC1(CC)C2CC3CC(C2)CC1C3. The molecule has 0 aromatic rings. The summed E-state index contributed by atoms with van der Waals surface area (Å²) in [6.07, 6.45) is 6.80. The lowest BCUT2D eigenvalue weighted by molar-refractivity contribution is -0.208. The summed E-state index contributed by atoms with van der Waals surface area (Å²) in [6, 6.07) is 0. The summed E-state index contributed by atoms with van der Waals surface area (Å²) in [4.78, 5) is 11.6. The van der Waals surface area contributed by atoms with Crippen LogP contribution in [0.1, 0.15) is 45.4 Å². The molecule has 0 atom stereocenters. The highest BCUT2D eigenvalue weighted by Gasteiger charge is 2.58. The number of esters is 1. The molecule has 4 bridgehead atoms. The Labute approximate surface area is 108 Å². The minimum Gasteiger partial charge on any atom is -0.453 e. The van der Waals surface area contributed by atoms with E-state index in [2.05, 4.69) is 13.5 Å². The Morgan fingerprint density at radius 3 is 2.11 bits per heavy atom. The van der Waals surface area contributed by atoms with Crippen LogP contribution >= 0.6 is 0 Å². The van der Waals surface area contributed by atoms with Gasteiger partial charge in [0, 0.05) is 0 Å². The highest BCUT2D eigenvalue weighted by atomic mass is 19.1. The monoisotopic (exact) mass is 252 g/mol. The zero-order valence-electron chi connectivity index (χ0n) is 11.0. The van der Waals surface area contributed by atoms with Crippen molar-refractivity contribution < 1.29 is 13.9 Å². The van der Waals surface area contributed by atoms with Crippen molar-refractivity contribution in [3.8, 4) is 0 Å². The number of halogens is 1. The molecule has 4 aliphatic carbocycles. The molecule has 4 saturated carbocycles. The zero-order valence-corrected chi connectivity index (χ0v) is 11.0. The molecule has 0 radical (unpaired) electrons. The van der Waals surface area contributed by atoms with E-state index in [0.29, 0.717) is 11.8 Å². The van der Waals surface area contributed by atoms with E-state index in [0.717, 1.165) is 43.9 Å². The first-order valence-corrected chi connectivity index (χ1v) is 7.13. The van der Waals surface area contributed by atoms with Crippen LogP contribution in [0.5, 0.6) is 0 Å². The number of hydrogen-bond donors (Lipinski definition) is 0. The lowest BCUT2D eigenvalue weighted by Crippen LogP contribution is -2.59. The van der Waals surface area contributed by atoms with E-state index in [9.17, 15) is 9.18 Å². The van der Waals surface area contributed by atoms with Crippen LogP contribution in [0.25, 0.3) is 0 Å². The minimum absolute atomic E-state index is 0.403. The van der Waals surface area contributed by atoms with Gasteiger partial charge in [0.05, 0.1) is 0 Å². The van der Waals surface area contributed by atoms with Gasteiger partial charge < -0.3 is 4.74 Å². The van der Waals surface area contributed by atoms with Crippen LogP contribution in [-0.4, -0.2) is 11.6 Å². The summed E-state index contributed by atoms with van der Waals surface area (Å²) < 4.78 is 18.6. The molecule has 4 aliphatic rings. The van der Waals surface area contributed by atoms with E-state index in [1.54, 1.807) is 0 Å². The van der Waals surface area contributed by atoms with Crippen molar-refractivity contribution in [1.82, 2.24) is 0 Å². The Balaban J connectivity index is 1.87. The summed E-state index contributed by atoms with van der Waals surface area (Å²) in [5, 5.41) is 0. The average molecular weight is 252 g/mol. The van der Waals surface area contributed by atoms with Crippen molar-refractivity contribution in [3.05, 3.63) is 12.4 Å². The standard InChI is InChI=1S/C15H21FO2/c1-3-15(18-14(17)9(2)16)12-5-10-4-11(7-12)8-13(15)6-10/h10-13H,2-8H2,1H3. The summed E-state index contributed by atoms with van der Waals surface area (Å²) in [5.41, 5.74) is -0.403. The van der Waals surface area contributed by atoms with E-state index in [1.807, 2.05) is 0 Å². The second-order valence-electron chi connectivity index (χ2n) is 6.41. The Hall–Kier alpha value is -0.860. The minimum atomic E-state index is -0.961. The van der Waals surface area contributed by atoms with Crippen LogP contribution in [-0.2, 0) is 9.53 Å². The first-order chi connectivity index (χ1) is 8.55. The molecule has 3 heteroatoms. The van der Waals surface area contributed by atoms with Gasteiger partial charge in [0.2, 0.25) is 5.83 Å². The van der Waals surface area contributed by atoms with E-state index < -0.39 is 17.4 Å². The average Bonchev–Trinajstić information content (AvgIpc) is 2.32. The Bertz CT molecular complexity index is 360. The molecular weight excluding hydrogens is 231 g/mol. The third kappa shape index (κ3) is 1.63. The number of carbonyl (C=O) groups is 1. The molecule has 0 N–H and O–H groups in total. The van der Waals surface area contributed by atoms with Crippen LogP contribution in [0.4, 0.5) is 4.39 Å². The van der Waals surface area contributed by atoms with Crippen molar-refractivity contribution in [2.24, 2.45) is 23.7 Å². The first-order valence-electron chi connectivity index (χ1n) is 7.13. The molecule has 2 nitrogen and oxygen atoms in total. The van der Waals surface area contributed by atoms with Crippen molar-refractivity contribution in [2.75, 3.05) is 0 Å². The van der Waals surface area contributed by atoms with Crippen LogP contribution in [0, 0.1) is 23.7 Å². The zero-order chi connectivity index (χ0) is 12.9. The van der Waals surface area contributed by atoms with Crippen LogP contribution in [0.15, 0.2) is 12.4 Å². The third-order valence-electron chi connectivity index (χ3n) is 5.58.